The maximum atomic E-state index is 11.2. The van der Waals surface area contributed by atoms with E-state index in [-0.39, 0.29) is 25.1 Å². The number of hydrogen-bond donors (Lipinski definition) is 2. The highest BCUT2D eigenvalue weighted by Crippen LogP contribution is 2.15. The van der Waals surface area contributed by atoms with Gasteiger partial charge in [0.2, 0.25) is 5.91 Å². The van der Waals surface area contributed by atoms with Crippen molar-refractivity contribution in [3.63, 3.8) is 0 Å². The molecule has 6 heteroatoms. The first-order chi connectivity index (χ1) is 7.66. The first-order valence-corrected chi connectivity index (χ1v) is 5.52. The summed E-state index contributed by atoms with van der Waals surface area (Å²) in [6, 6.07) is -0.623. The molecule has 2 fully saturated rings. The topological polar surface area (TPSA) is 78.9 Å². The molecule has 2 unspecified atom stereocenters. The van der Waals surface area contributed by atoms with Crippen LogP contribution in [-0.4, -0.2) is 60.3 Å². The quantitative estimate of drug-likeness (QED) is 0.651. The third kappa shape index (κ3) is 2.51. The van der Waals surface area contributed by atoms with Crippen LogP contribution in [-0.2, 0) is 14.3 Å². The highest BCUT2D eigenvalue weighted by Gasteiger charge is 2.33. The van der Waals surface area contributed by atoms with Crippen molar-refractivity contribution in [1.82, 2.24) is 10.2 Å². The second-order valence-corrected chi connectivity index (χ2v) is 4.22. The van der Waals surface area contributed by atoms with E-state index in [0.717, 1.165) is 19.4 Å². The Balaban J connectivity index is 1.96. The van der Waals surface area contributed by atoms with Crippen molar-refractivity contribution in [2.24, 2.45) is 0 Å². The van der Waals surface area contributed by atoms with Crippen molar-refractivity contribution in [2.75, 3.05) is 26.2 Å². The van der Waals surface area contributed by atoms with Gasteiger partial charge in [0, 0.05) is 19.7 Å². The Labute approximate surface area is 93.6 Å². The van der Waals surface area contributed by atoms with Crippen molar-refractivity contribution in [3.8, 4) is 0 Å². The molecule has 2 aliphatic rings. The van der Waals surface area contributed by atoms with Gasteiger partial charge in [0.25, 0.3) is 0 Å². The summed E-state index contributed by atoms with van der Waals surface area (Å²) < 4.78 is 5.45. The van der Waals surface area contributed by atoms with E-state index in [1.807, 2.05) is 0 Å². The SMILES string of the molecule is O=C1CN(CC2CCCO2)C(C(=O)O)CN1. The van der Waals surface area contributed by atoms with Crippen LogP contribution in [0.3, 0.4) is 0 Å². The Morgan fingerprint density at radius 3 is 3.06 bits per heavy atom. The Bertz CT molecular complexity index is 289. The molecule has 2 heterocycles. The van der Waals surface area contributed by atoms with Crippen LogP contribution < -0.4 is 5.32 Å². The van der Waals surface area contributed by atoms with E-state index >= 15 is 0 Å². The summed E-state index contributed by atoms with van der Waals surface area (Å²) in [5.41, 5.74) is 0. The van der Waals surface area contributed by atoms with Crippen molar-refractivity contribution in [2.45, 2.75) is 25.0 Å². The monoisotopic (exact) mass is 228 g/mol. The minimum Gasteiger partial charge on any atom is -0.480 e. The second-order valence-electron chi connectivity index (χ2n) is 4.22. The first kappa shape index (κ1) is 11.3. The third-order valence-corrected chi connectivity index (χ3v) is 3.03. The zero-order chi connectivity index (χ0) is 11.5. The van der Waals surface area contributed by atoms with Gasteiger partial charge in [0.15, 0.2) is 0 Å². The van der Waals surface area contributed by atoms with E-state index in [0.29, 0.717) is 6.54 Å². The van der Waals surface area contributed by atoms with E-state index in [4.69, 9.17) is 9.84 Å². The zero-order valence-corrected chi connectivity index (χ0v) is 9.02. The van der Waals surface area contributed by atoms with Gasteiger partial charge in [-0.3, -0.25) is 14.5 Å². The smallest absolute Gasteiger partial charge is 0.322 e. The number of ether oxygens (including phenoxy) is 1. The summed E-state index contributed by atoms with van der Waals surface area (Å²) in [7, 11) is 0. The van der Waals surface area contributed by atoms with E-state index < -0.39 is 12.0 Å². The van der Waals surface area contributed by atoms with Gasteiger partial charge in [0.05, 0.1) is 12.6 Å². The fourth-order valence-electron chi connectivity index (χ4n) is 2.18. The number of hydrogen-bond acceptors (Lipinski definition) is 4. The van der Waals surface area contributed by atoms with Gasteiger partial charge in [0.1, 0.15) is 6.04 Å². The number of amides is 1. The van der Waals surface area contributed by atoms with Crippen molar-refractivity contribution in [3.05, 3.63) is 0 Å². The third-order valence-electron chi connectivity index (χ3n) is 3.03. The van der Waals surface area contributed by atoms with Crippen LogP contribution in [0.5, 0.6) is 0 Å². The molecule has 2 rings (SSSR count). The zero-order valence-electron chi connectivity index (χ0n) is 9.02. The summed E-state index contributed by atoms with van der Waals surface area (Å²) >= 11 is 0. The average Bonchev–Trinajstić information content (AvgIpc) is 2.70. The summed E-state index contributed by atoms with van der Waals surface area (Å²) in [6.07, 6.45) is 2.04. The Hall–Kier alpha value is -1.14. The highest BCUT2D eigenvalue weighted by molar-refractivity contribution is 5.83. The maximum absolute atomic E-state index is 11.2. The van der Waals surface area contributed by atoms with Gasteiger partial charge >= 0.3 is 5.97 Å². The molecule has 0 aromatic carbocycles. The predicted molar refractivity (Wildman–Crippen MR) is 55.0 cm³/mol. The van der Waals surface area contributed by atoms with Crippen molar-refractivity contribution in [1.29, 1.82) is 0 Å². The van der Waals surface area contributed by atoms with E-state index in [9.17, 15) is 9.59 Å². The lowest BCUT2D eigenvalue weighted by molar-refractivity contribution is -0.146. The fourth-order valence-corrected chi connectivity index (χ4v) is 2.18. The minimum absolute atomic E-state index is 0.0766. The number of rotatable bonds is 3. The molecular weight excluding hydrogens is 212 g/mol. The van der Waals surface area contributed by atoms with Crippen LogP contribution in [0.15, 0.2) is 0 Å². The van der Waals surface area contributed by atoms with E-state index in [2.05, 4.69) is 5.32 Å². The van der Waals surface area contributed by atoms with Crippen LogP contribution in [0, 0.1) is 0 Å². The standard InChI is InChI=1S/C10H16N2O4/c13-9-6-12(5-7-2-1-3-16-7)8(4-11-9)10(14)15/h7-8H,1-6H2,(H,11,13)(H,14,15). The fraction of sp³-hybridized carbons (Fsp3) is 0.800. The van der Waals surface area contributed by atoms with Gasteiger partial charge in [-0.25, -0.2) is 0 Å². The summed E-state index contributed by atoms with van der Waals surface area (Å²) in [4.78, 5) is 23.9. The predicted octanol–water partition coefficient (Wildman–Crippen LogP) is -0.950. The number of carboxylic acids is 1. The lowest BCUT2D eigenvalue weighted by Gasteiger charge is -2.33. The molecule has 0 aromatic rings. The number of piperazine rings is 1. The molecule has 0 spiro atoms. The summed E-state index contributed by atoms with van der Waals surface area (Å²) in [6.45, 7) is 1.60. The molecule has 6 nitrogen and oxygen atoms in total. The molecule has 2 saturated heterocycles. The molecule has 0 saturated carbocycles. The number of aliphatic carboxylic acids is 1. The maximum Gasteiger partial charge on any atom is 0.322 e. The van der Waals surface area contributed by atoms with E-state index in [1.54, 1.807) is 4.90 Å². The highest BCUT2D eigenvalue weighted by atomic mass is 16.5. The van der Waals surface area contributed by atoms with Crippen LogP contribution >= 0.6 is 0 Å². The Kier molecular flexibility index (Phi) is 3.40. The van der Waals surface area contributed by atoms with Gasteiger partial charge in [-0.1, -0.05) is 0 Å². The lowest BCUT2D eigenvalue weighted by atomic mass is 10.1. The molecule has 0 radical (unpaired) electrons. The van der Waals surface area contributed by atoms with Crippen molar-refractivity contribution >= 4 is 11.9 Å². The molecule has 2 N–H and O–H groups in total. The van der Waals surface area contributed by atoms with Crippen LogP contribution in [0.25, 0.3) is 0 Å². The molecule has 1 amide bonds. The number of carbonyl (C=O) groups is 2. The average molecular weight is 228 g/mol. The molecular formula is C10H16N2O4. The second kappa shape index (κ2) is 4.80. The van der Waals surface area contributed by atoms with Gasteiger partial charge in [-0.05, 0) is 12.8 Å². The number of nitrogens with zero attached hydrogens (tertiary/aromatic N) is 1. The molecule has 0 bridgehead atoms. The van der Waals surface area contributed by atoms with Crippen LogP contribution in [0.4, 0.5) is 0 Å². The molecule has 16 heavy (non-hydrogen) atoms. The summed E-state index contributed by atoms with van der Waals surface area (Å²) in [5.74, 6) is -1.01. The number of carbonyl (C=O) groups excluding carboxylic acids is 1. The Morgan fingerprint density at radius 2 is 2.44 bits per heavy atom. The molecule has 0 aromatic heterocycles. The van der Waals surface area contributed by atoms with Gasteiger partial charge in [-0.15, -0.1) is 0 Å². The van der Waals surface area contributed by atoms with E-state index in [1.165, 1.54) is 0 Å². The number of carboxylic acid groups (broad SMARTS) is 1. The molecule has 90 valence electrons. The lowest BCUT2D eigenvalue weighted by Crippen LogP contribution is -2.58. The normalized spacial score (nSPS) is 31.4. The molecule has 2 aliphatic heterocycles. The number of nitrogens with one attached hydrogen (secondary N) is 1. The largest absolute Gasteiger partial charge is 0.480 e. The van der Waals surface area contributed by atoms with Crippen LogP contribution in [0.2, 0.25) is 0 Å². The van der Waals surface area contributed by atoms with Crippen molar-refractivity contribution < 1.29 is 19.4 Å². The summed E-state index contributed by atoms with van der Waals surface area (Å²) in [5, 5.41) is 11.6. The molecule has 0 aliphatic carbocycles. The van der Waals surface area contributed by atoms with Crippen LogP contribution in [0.1, 0.15) is 12.8 Å². The first-order valence-electron chi connectivity index (χ1n) is 5.52. The van der Waals surface area contributed by atoms with Gasteiger partial charge in [-0.2, -0.15) is 0 Å². The Morgan fingerprint density at radius 1 is 1.62 bits per heavy atom. The minimum atomic E-state index is -0.891. The molecule has 2 atom stereocenters. The van der Waals surface area contributed by atoms with Gasteiger partial charge < -0.3 is 15.2 Å².